The smallest absolute Gasteiger partial charge is 0.259 e. The zero-order valence-corrected chi connectivity index (χ0v) is 23.2. The van der Waals surface area contributed by atoms with E-state index in [0.29, 0.717) is 18.7 Å². The van der Waals surface area contributed by atoms with Gasteiger partial charge in [0.2, 0.25) is 21.8 Å². The molecule has 2 aliphatic carbocycles. The Balaban J connectivity index is 1.18. The number of ether oxygens (including phenoxy) is 1. The van der Waals surface area contributed by atoms with Crippen molar-refractivity contribution in [1.82, 2.24) is 19.4 Å². The van der Waals surface area contributed by atoms with E-state index in [0.717, 1.165) is 22.0 Å². The molecule has 4 atom stereocenters. The Kier molecular flexibility index (Phi) is 6.80. The maximum atomic E-state index is 13.4. The van der Waals surface area contributed by atoms with E-state index >= 15 is 0 Å². The third kappa shape index (κ3) is 5.07. The number of pyridine rings is 1. The van der Waals surface area contributed by atoms with Crippen LogP contribution in [-0.4, -0.2) is 59.1 Å². The van der Waals surface area contributed by atoms with Crippen LogP contribution in [0.1, 0.15) is 25.7 Å². The molecule has 2 N–H and O–H groups in total. The number of hydrogen-bond acceptors (Lipinski definition) is 7. The molecule has 2 aromatic carbocycles. The number of fused-ring (bicyclic) bond motifs is 1. The third-order valence-corrected chi connectivity index (χ3v) is 10.00. The first-order chi connectivity index (χ1) is 19.2. The van der Waals surface area contributed by atoms with Gasteiger partial charge in [0.05, 0.1) is 17.5 Å². The molecule has 2 amide bonds. The summed E-state index contributed by atoms with van der Waals surface area (Å²) in [6, 6.07) is 18.8. The van der Waals surface area contributed by atoms with Crippen LogP contribution < -0.4 is 14.8 Å². The summed E-state index contributed by atoms with van der Waals surface area (Å²) in [5, 5.41) is 4.04. The van der Waals surface area contributed by atoms with E-state index in [9.17, 15) is 18.0 Å². The second-order valence-corrected chi connectivity index (χ2v) is 13.1. The fraction of sp³-hybridized carbons (Fsp3) is 0.345. The highest BCUT2D eigenvalue weighted by molar-refractivity contribution is 7.91. The molecule has 2 heterocycles. The van der Waals surface area contributed by atoms with Gasteiger partial charge in [-0.15, -0.1) is 6.58 Å². The van der Waals surface area contributed by atoms with Crippen LogP contribution in [0.5, 0.6) is 5.88 Å². The Morgan fingerprint density at radius 2 is 1.85 bits per heavy atom. The Bertz CT molecular complexity index is 1600. The molecule has 1 aromatic heterocycles. The second-order valence-electron chi connectivity index (χ2n) is 10.7. The fourth-order valence-corrected chi connectivity index (χ4v) is 6.96. The Morgan fingerprint density at radius 1 is 1.12 bits per heavy atom. The van der Waals surface area contributed by atoms with Gasteiger partial charge in [-0.1, -0.05) is 54.6 Å². The number of rotatable bonds is 9. The van der Waals surface area contributed by atoms with E-state index in [4.69, 9.17) is 21.5 Å². The predicted octanol–water partition coefficient (Wildman–Crippen LogP) is 3.55. The molecule has 3 fully saturated rings. The summed E-state index contributed by atoms with van der Waals surface area (Å²) in [6.45, 7) is 3.99. The van der Waals surface area contributed by atoms with Crippen molar-refractivity contribution < 1.29 is 22.7 Å². The lowest BCUT2D eigenvalue weighted by Gasteiger charge is -2.22. The molecule has 9 nitrogen and oxygen atoms in total. The standard InChI is InChI=1S/C29H29ClN4O5S/c1-2-20-16-29(20,28(36)33-40(37,38)22-12-13-22)32-26(35)25-15-21(17-34(25)30)39-27-23-11-7-6-10-19(23)14-24(31-27)18-8-4-3-5-9-18/h2-11,14,20-22,25H,1,12-13,15-17H2,(H,32,35)(H,33,36)/t20-,21-,25+,29-/m1/s1. The SMILES string of the molecule is C=C[C@@H]1C[C@]1(NC(=O)[C@@H]1C[C@@H](Oc2nc(-c3ccccc3)cc3ccccc23)CN1Cl)C(=O)NS(=O)(=O)C1CC1. The molecular formula is C29H29ClN4O5S. The molecule has 1 aliphatic heterocycles. The van der Waals surface area contributed by atoms with Gasteiger partial charge in [-0.05, 0) is 48.6 Å². The van der Waals surface area contributed by atoms with Gasteiger partial charge in [-0.3, -0.25) is 14.3 Å². The molecule has 0 unspecified atom stereocenters. The van der Waals surface area contributed by atoms with Crippen molar-refractivity contribution in [2.45, 2.75) is 48.6 Å². The van der Waals surface area contributed by atoms with Crippen LogP contribution in [0.2, 0.25) is 0 Å². The van der Waals surface area contributed by atoms with Crippen LogP contribution in [-0.2, 0) is 19.6 Å². The van der Waals surface area contributed by atoms with Gasteiger partial charge in [0, 0.05) is 23.3 Å². The normalized spacial score (nSPS) is 26.3. The molecule has 11 heteroatoms. The van der Waals surface area contributed by atoms with Crippen molar-refractivity contribution >= 4 is 44.4 Å². The number of nitrogens with one attached hydrogen (secondary N) is 2. The lowest BCUT2D eigenvalue weighted by Crippen LogP contribution is -2.55. The van der Waals surface area contributed by atoms with Crippen LogP contribution in [0.15, 0.2) is 73.3 Å². The van der Waals surface area contributed by atoms with E-state index in [-0.39, 0.29) is 25.3 Å². The lowest BCUT2D eigenvalue weighted by atomic mass is 10.1. The van der Waals surface area contributed by atoms with Gasteiger partial charge < -0.3 is 10.1 Å². The molecule has 40 heavy (non-hydrogen) atoms. The molecular weight excluding hydrogens is 552 g/mol. The highest BCUT2D eigenvalue weighted by Crippen LogP contribution is 2.45. The highest BCUT2D eigenvalue weighted by atomic mass is 35.5. The van der Waals surface area contributed by atoms with Gasteiger partial charge >= 0.3 is 0 Å². The zero-order chi connectivity index (χ0) is 28.1. The third-order valence-electron chi connectivity index (χ3n) is 7.81. The number of benzene rings is 2. The number of carbonyl (C=O) groups is 2. The van der Waals surface area contributed by atoms with Crippen LogP contribution in [0.4, 0.5) is 0 Å². The van der Waals surface area contributed by atoms with Crippen LogP contribution in [0.3, 0.4) is 0 Å². The molecule has 0 bridgehead atoms. The van der Waals surface area contributed by atoms with E-state index in [2.05, 4.69) is 16.6 Å². The van der Waals surface area contributed by atoms with E-state index in [1.807, 2.05) is 60.7 Å². The largest absolute Gasteiger partial charge is 0.472 e. The Hall–Kier alpha value is -3.47. The van der Waals surface area contributed by atoms with Gasteiger partial charge in [0.1, 0.15) is 17.7 Å². The quantitative estimate of drug-likeness (QED) is 0.294. The Labute approximate surface area is 237 Å². The topological polar surface area (TPSA) is 118 Å². The lowest BCUT2D eigenvalue weighted by molar-refractivity contribution is -0.131. The van der Waals surface area contributed by atoms with Crippen LogP contribution in [0, 0.1) is 5.92 Å². The number of carbonyl (C=O) groups excluding carboxylic acids is 2. The zero-order valence-electron chi connectivity index (χ0n) is 21.6. The molecule has 1 saturated heterocycles. The summed E-state index contributed by atoms with van der Waals surface area (Å²) in [4.78, 5) is 31.2. The number of halogens is 1. The van der Waals surface area contributed by atoms with E-state index < -0.39 is 44.8 Å². The van der Waals surface area contributed by atoms with Crippen molar-refractivity contribution in [2.75, 3.05) is 6.54 Å². The molecule has 6 rings (SSSR count). The number of sulfonamides is 1. The van der Waals surface area contributed by atoms with Crippen molar-refractivity contribution in [1.29, 1.82) is 0 Å². The average Bonchev–Trinajstić information content (AvgIpc) is 3.87. The van der Waals surface area contributed by atoms with Crippen molar-refractivity contribution in [3.05, 3.63) is 73.3 Å². The number of amides is 2. The summed E-state index contributed by atoms with van der Waals surface area (Å²) in [5.74, 6) is -1.14. The van der Waals surface area contributed by atoms with Crippen molar-refractivity contribution in [3.63, 3.8) is 0 Å². The number of hydrogen-bond donors (Lipinski definition) is 2. The van der Waals surface area contributed by atoms with Crippen LogP contribution in [0.25, 0.3) is 22.0 Å². The Morgan fingerprint density at radius 3 is 2.55 bits per heavy atom. The van der Waals surface area contributed by atoms with Gasteiger partial charge in [0.15, 0.2) is 0 Å². The van der Waals surface area contributed by atoms with E-state index in [1.54, 1.807) is 6.08 Å². The summed E-state index contributed by atoms with van der Waals surface area (Å²) in [7, 11) is -3.76. The molecule has 208 valence electrons. The molecule has 3 aliphatic rings. The summed E-state index contributed by atoms with van der Waals surface area (Å²) in [5.41, 5.74) is 0.357. The summed E-state index contributed by atoms with van der Waals surface area (Å²) >= 11 is 6.49. The first-order valence-corrected chi connectivity index (χ1v) is 15.1. The van der Waals surface area contributed by atoms with E-state index in [1.165, 1.54) is 4.42 Å². The first kappa shape index (κ1) is 26.7. The molecule has 0 radical (unpaired) electrons. The minimum absolute atomic E-state index is 0.255. The molecule has 3 aromatic rings. The predicted molar refractivity (Wildman–Crippen MR) is 152 cm³/mol. The average molecular weight is 581 g/mol. The highest BCUT2D eigenvalue weighted by Gasteiger charge is 2.61. The summed E-state index contributed by atoms with van der Waals surface area (Å²) < 4.78 is 34.6. The van der Waals surface area contributed by atoms with Crippen LogP contribution >= 0.6 is 11.8 Å². The van der Waals surface area contributed by atoms with Gasteiger partial charge in [-0.25, -0.2) is 17.8 Å². The maximum Gasteiger partial charge on any atom is 0.259 e. The number of nitrogens with zero attached hydrogens (tertiary/aromatic N) is 2. The maximum absolute atomic E-state index is 13.4. The minimum Gasteiger partial charge on any atom is -0.472 e. The van der Waals surface area contributed by atoms with Crippen molar-refractivity contribution in [3.8, 4) is 17.1 Å². The first-order valence-electron chi connectivity index (χ1n) is 13.2. The minimum atomic E-state index is -3.76. The monoisotopic (exact) mass is 580 g/mol. The fourth-order valence-electron chi connectivity index (χ4n) is 5.27. The van der Waals surface area contributed by atoms with Gasteiger partial charge in [-0.2, -0.15) is 0 Å². The second kappa shape index (κ2) is 10.2. The summed E-state index contributed by atoms with van der Waals surface area (Å²) in [6.07, 6.45) is 2.69. The van der Waals surface area contributed by atoms with Gasteiger partial charge in [0.25, 0.3) is 5.91 Å². The number of aromatic nitrogens is 1. The molecule has 2 saturated carbocycles. The molecule has 0 spiro atoms. The van der Waals surface area contributed by atoms with Crippen molar-refractivity contribution in [2.24, 2.45) is 5.92 Å².